The Morgan fingerprint density at radius 2 is 1.83 bits per heavy atom. The molecule has 1 aliphatic rings. The van der Waals surface area contributed by atoms with E-state index >= 15 is 0 Å². The molecule has 0 aromatic heterocycles. The van der Waals surface area contributed by atoms with Gasteiger partial charge in [-0.1, -0.05) is 37.0 Å². The second-order valence-electron chi connectivity index (χ2n) is 7.71. The fourth-order valence-corrected chi connectivity index (χ4v) is 5.19. The van der Waals surface area contributed by atoms with E-state index in [2.05, 4.69) is 18.6 Å². The van der Waals surface area contributed by atoms with Crippen molar-refractivity contribution in [1.82, 2.24) is 0 Å². The van der Waals surface area contributed by atoms with Crippen molar-refractivity contribution in [2.24, 2.45) is 5.92 Å². The van der Waals surface area contributed by atoms with E-state index in [0.29, 0.717) is 41.6 Å². The van der Waals surface area contributed by atoms with Crippen molar-refractivity contribution < 1.29 is 13.2 Å². The van der Waals surface area contributed by atoms with E-state index in [1.165, 1.54) is 12.1 Å². The Morgan fingerprint density at radius 1 is 1.10 bits per heavy atom. The van der Waals surface area contributed by atoms with Crippen LogP contribution in [0, 0.1) is 12.8 Å². The second-order valence-corrected chi connectivity index (χ2v) is 10.2. The van der Waals surface area contributed by atoms with Crippen molar-refractivity contribution in [2.75, 3.05) is 16.2 Å². The van der Waals surface area contributed by atoms with Crippen molar-refractivity contribution in [1.29, 1.82) is 0 Å². The third kappa shape index (κ3) is 4.87. The van der Waals surface area contributed by atoms with E-state index in [1.807, 2.05) is 0 Å². The highest BCUT2D eigenvalue weighted by Crippen LogP contribution is 2.33. The lowest BCUT2D eigenvalue weighted by atomic mass is 9.99. The SMILES string of the molecule is Cc1cc(S(=O)(=O)Nc2ccc3c(c2)CCC(=O)N3CCC(C)C)c(Cl)cc1Cl. The van der Waals surface area contributed by atoms with Gasteiger partial charge >= 0.3 is 0 Å². The number of aryl methyl sites for hydroxylation is 2. The molecule has 0 spiro atoms. The molecule has 156 valence electrons. The summed E-state index contributed by atoms with van der Waals surface area (Å²) in [6, 6.07) is 8.15. The van der Waals surface area contributed by atoms with Crippen LogP contribution in [-0.4, -0.2) is 20.9 Å². The summed E-state index contributed by atoms with van der Waals surface area (Å²) >= 11 is 12.1. The molecule has 8 heteroatoms. The number of nitrogens with one attached hydrogen (secondary N) is 1. The Bertz CT molecular complexity index is 1050. The molecule has 0 atom stereocenters. The van der Waals surface area contributed by atoms with Gasteiger partial charge in [-0.05, 0) is 67.1 Å². The Hall–Kier alpha value is -1.76. The largest absolute Gasteiger partial charge is 0.312 e. The summed E-state index contributed by atoms with van der Waals surface area (Å²) in [6.45, 7) is 6.63. The fraction of sp³-hybridized carbons (Fsp3) is 0.381. The van der Waals surface area contributed by atoms with Gasteiger partial charge in [-0.15, -0.1) is 0 Å². The molecule has 0 fully saturated rings. The minimum Gasteiger partial charge on any atom is -0.312 e. The Kier molecular flexibility index (Phi) is 6.46. The monoisotopic (exact) mass is 454 g/mol. The van der Waals surface area contributed by atoms with E-state index in [4.69, 9.17) is 23.2 Å². The minimum absolute atomic E-state index is 0.0208. The predicted molar refractivity (Wildman–Crippen MR) is 119 cm³/mol. The minimum atomic E-state index is -3.88. The smallest absolute Gasteiger partial charge is 0.263 e. The second kappa shape index (κ2) is 8.54. The van der Waals surface area contributed by atoms with Crippen molar-refractivity contribution in [2.45, 2.75) is 44.9 Å². The van der Waals surface area contributed by atoms with Gasteiger partial charge in [-0.3, -0.25) is 9.52 Å². The van der Waals surface area contributed by atoms with Crippen LogP contribution in [0.25, 0.3) is 0 Å². The maximum Gasteiger partial charge on any atom is 0.263 e. The van der Waals surface area contributed by atoms with Crippen molar-refractivity contribution in [3.8, 4) is 0 Å². The molecule has 2 aromatic rings. The van der Waals surface area contributed by atoms with Gasteiger partial charge in [0.05, 0.1) is 5.02 Å². The lowest BCUT2D eigenvalue weighted by Crippen LogP contribution is -2.36. The van der Waals surface area contributed by atoms with Gasteiger partial charge in [0, 0.05) is 29.4 Å². The van der Waals surface area contributed by atoms with Gasteiger partial charge < -0.3 is 4.90 Å². The highest BCUT2D eigenvalue weighted by molar-refractivity contribution is 7.92. The van der Waals surface area contributed by atoms with Crippen LogP contribution in [0.1, 0.15) is 37.8 Å². The van der Waals surface area contributed by atoms with Crippen LogP contribution in [-0.2, 0) is 21.2 Å². The molecule has 3 rings (SSSR count). The van der Waals surface area contributed by atoms with Gasteiger partial charge in [0.25, 0.3) is 10.0 Å². The van der Waals surface area contributed by atoms with Gasteiger partial charge in [-0.25, -0.2) is 8.42 Å². The zero-order valence-electron chi connectivity index (χ0n) is 16.6. The summed E-state index contributed by atoms with van der Waals surface area (Å²) < 4.78 is 28.3. The number of halogens is 2. The van der Waals surface area contributed by atoms with Crippen LogP contribution < -0.4 is 9.62 Å². The molecule has 0 saturated heterocycles. The van der Waals surface area contributed by atoms with Gasteiger partial charge in [0.1, 0.15) is 4.90 Å². The number of sulfonamides is 1. The van der Waals surface area contributed by atoms with Crippen molar-refractivity contribution in [3.63, 3.8) is 0 Å². The number of hydrogen-bond donors (Lipinski definition) is 1. The maximum absolute atomic E-state index is 12.8. The first-order valence-corrected chi connectivity index (χ1v) is 11.7. The first-order chi connectivity index (χ1) is 13.6. The zero-order chi connectivity index (χ0) is 21.3. The van der Waals surface area contributed by atoms with Crippen molar-refractivity contribution in [3.05, 3.63) is 51.5 Å². The maximum atomic E-state index is 12.8. The molecule has 0 unspecified atom stereocenters. The molecule has 1 heterocycles. The standard InChI is InChI=1S/C21H24Cl2N2O3S/c1-13(2)8-9-25-19-6-5-16(11-15(19)4-7-21(25)26)24-29(27,28)20-10-14(3)17(22)12-18(20)23/h5-6,10-13,24H,4,7-9H2,1-3H3. The number of fused-ring (bicyclic) bond motifs is 1. The third-order valence-electron chi connectivity index (χ3n) is 4.96. The van der Waals surface area contributed by atoms with Crippen molar-refractivity contribution >= 4 is 50.5 Å². The predicted octanol–water partition coefficient (Wildman–Crippen LogP) is 5.43. The first-order valence-electron chi connectivity index (χ1n) is 9.50. The molecule has 0 aliphatic carbocycles. The number of amides is 1. The zero-order valence-corrected chi connectivity index (χ0v) is 19.0. The lowest BCUT2D eigenvalue weighted by Gasteiger charge is -2.30. The number of carbonyl (C=O) groups excluding carboxylic acids is 1. The number of anilines is 2. The van der Waals surface area contributed by atoms with E-state index in [-0.39, 0.29) is 15.8 Å². The lowest BCUT2D eigenvalue weighted by molar-refractivity contribution is -0.118. The third-order valence-corrected chi connectivity index (χ3v) is 7.22. The average molecular weight is 455 g/mol. The number of nitrogens with zero attached hydrogens (tertiary/aromatic N) is 1. The normalized spacial score (nSPS) is 14.3. The summed E-state index contributed by atoms with van der Waals surface area (Å²) in [6.07, 6.45) is 1.92. The van der Waals surface area contributed by atoms with E-state index in [1.54, 1.807) is 30.0 Å². The number of carbonyl (C=O) groups is 1. The van der Waals surface area contributed by atoms with Gasteiger partial charge in [-0.2, -0.15) is 0 Å². The summed E-state index contributed by atoms with van der Waals surface area (Å²) in [7, 11) is -3.88. The molecule has 0 radical (unpaired) electrons. The van der Waals surface area contributed by atoms with E-state index < -0.39 is 10.0 Å². The van der Waals surface area contributed by atoms with E-state index in [9.17, 15) is 13.2 Å². The molecule has 5 nitrogen and oxygen atoms in total. The summed E-state index contributed by atoms with van der Waals surface area (Å²) in [5, 5.41) is 0.477. The van der Waals surface area contributed by atoms with Crippen LogP contribution >= 0.6 is 23.2 Å². The molecule has 2 aromatic carbocycles. The van der Waals surface area contributed by atoms with Crippen LogP contribution in [0.15, 0.2) is 35.2 Å². The summed E-state index contributed by atoms with van der Waals surface area (Å²) in [4.78, 5) is 14.1. The molecule has 1 N–H and O–H groups in total. The quantitative estimate of drug-likeness (QED) is 0.632. The molecular formula is C21H24Cl2N2O3S. The summed E-state index contributed by atoms with van der Waals surface area (Å²) in [5.41, 5.74) is 2.86. The van der Waals surface area contributed by atoms with Crippen LogP contribution in [0.5, 0.6) is 0 Å². The average Bonchev–Trinajstić information content (AvgIpc) is 2.63. The van der Waals surface area contributed by atoms with Crippen LogP contribution in [0.3, 0.4) is 0 Å². The van der Waals surface area contributed by atoms with Gasteiger partial charge in [0.15, 0.2) is 0 Å². The Morgan fingerprint density at radius 3 is 2.52 bits per heavy atom. The summed E-state index contributed by atoms with van der Waals surface area (Å²) in [5.74, 6) is 0.599. The van der Waals surface area contributed by atoms with Crippen LogP contribution in [0.2, 0.25) is 10.0 Å². The molecule has 0 saturated carbocycles. The highest BCUT2D eigenvalue weighted by atomic mass is 35.5. The molecule has 1 amide bonds. The van der Waals surface area contributed by atoms with E-state index in [0.717, 1.165) is 17.7 Å². The first kappa shape index (κ1) is 21.9. The fourth-order valence-electron chi connectivity index (χ4n) is 3.30. The van der Waals surface area contributed by atoms with Gasteiger partial charge in [0.2, 0.25) is 5.91 Å². The molecule has 1 aliphatic heterocycles. The molecule has 29 heavy (non-hydrogen) atoms. The molecular weight excluding hydrogens is 431 g/mol. The number of rotatable bonds is 6. The van der Waals surface area contributed by atoms with Crippen LogP contribution in [0.4, 0.5) is 11.4 Å². The highest BCUT2D eigenvalue weighted by Gasteiger charge is 2.25. The topological polar surface area (TPSA) is 66.5 Å². The molecule has 0 bridgehead atoms. The number of hydrogen-bond acceptors (Lipinski definition) is 3. The Labute approximate surface area is 182 Å². The number of benzene rings is 2. The Balaban J connectivity index is 1.88.